The minimum Gasteiger partial charge on any atom is -0.288 e. The van der Waals surface area contributed by atoms with Gasteiger partial charge in [0.2, 0.25) is 11.7 Å². The highest BCUT2D eigenvalue weighted by Gasteiger charge is 2.41. The number of hydrogen-bond acceptors (Lipinski definition) is 4. The highest BCUT2D eigenvalue weighted by molar-refractivity contribution is 8.05. The van der Waals surface area contributed by atoms with E-state index in [9.17, 15) is 14.9 Å². The first-order chi connectivity index (χ1) is 15.1. The van der Waals surface area contributed by atoms with Crippen LogP contribution in [0.4, 0.5) is 5.69 Å². The fourth-order valence-corrected chi connectivity index (χ4v) is 4.90. The quantitative estimate of drug-likeness (QED) is 0.290. The number of benzene rings is 3. The summed E-state index contributed by atoms with van der Waals surface area (Å²) in [6.07, 6.45) is 0.397. The minimum absolute atomic E-state index is 0.0462. The lowest BCUT2D eigenvalue weighted by Crippen LogP contribution is -2.30. The molecule has 3 aromatic rings. The molecule has 31 heavy (non-hydrogen) atoms. The first-order valence-electron chi connectivity index (χ1n) is 9.63. The van der Waals surface area contributed by atoms with E-state index in [-0.39, 0.29) is 11.5 Å². The summed E-state index contributed by atoms with van der Waals surface area (Å²) in [5, 5.41) is 10.3. The van der Waals surface area contributed by atoms with Crippen molar-refractivity contribution >= 4 is 40.7 Å². The predicted octanol–water partition coefficient (Wildman–Crippen LogP) is 5.65. The number of Topliss-reactive ketones (excluding diaryl/α,β-unsaturated/α-hetero) is 1. The van der Waals surface area contributed by atoms with Gasteiger partial charge in [0.1, 0.15) is 16.7 Å². The average molecular weight is 445 g/mol. The van der Waals surface area contributed by atoms with Crippen LogP contribution in [0.2, 0.25) is 5.02 Å². The van der Waals surface area contributed by atoms with E-state index in [0.29, 0.717) is 27.7 Å². The molecule has 0 bridgehead atoms. The number of nitrogens with zero attached hydrogens (tertiary/aromatic N) is 2. The lowest BCUT2D eigenvalue weighted by atomic mass is 10.0. The summed E-state index contributed by atoms with van der Waals surface area (Å²) in [4.78, 5) is 28.0. The molecule has 4 rings (SSSR count). The Kier molecular flexibility index (Phi) is 6.22. The molecule has 0 spiro atoms. The summed E-state index contributed by atoms with van der Waals surface area (Å²) in [6, 6.07) is 27.1. The number of ketones is 1. The smallest absolute Gasteiger partial charge is 0.245 e. The van der Waals surface area contributed by atoms with E-state index in [1.165, 1.54) is 16.7 Å². The fraction of sp³-hybridized carbons (Fsp3) is 0.0800. The number of anilines is 1. The molecule has 0 radical (unpaired) electrons. The maximum Gasteiger partial charge on any atom is 0.245 e. The van der Waals surface area contributed by atoms with Gasteiger partial charge in [0, 0.05) is 16.3 Å². The Bertz CT molecular complexity index is 1200. The second-order valence-electron chi connectivity index (χ2n) is 6.90. The Morgan fingerprint density at radius 1 is 0.968 bits per heavy atom. The van der Waals surface area contributed by atoms with Gasteiger partial charge in [-0.15, -0.1) is 0 Å². The van der Waals surface area contributed by atoms with Crippen LogP contribution in [0.3, 0.4) is 0 Å². The number of para-hydroxylation sites is 1. The lowest BCUT2D eigenvalue weighted by Gasteiger charge is -2.18. The monoisotopic (exact) mass is 444 g/mol. The van der Waals surface area contributed by atoms with E-state index in [1.54, 1.807) is 48.5 Å². The van der Waals surface area contributed by atoms with Crippen molar-refractivity contribution in [2.75, 3.05) is 4.90 Å². The summed E-state index contributed by atoms with van der Waals surface area (Å²) >= 11 is 7.54. The standard InChI is InChI=1S/C25H17ClN2O2S/c26-21-14-8-7-11-18(21)15-22-24(30)28(19-12-5-2-6-13-19)25(31-22)20(16-27)23(29)17-9-3-1-4-10-17/h1-14,22H,15H2/b25-20+/t22-/m0/s1. The van der Waals surface area contributed by atoms with Gasteiger partial charge in [0.05, 0.1) is 5.25 Å². The summed E-state index contributed by atoms with van der Waals surface area (Å²) < 4.78 is 0. The van der Waals surface area contributed by atoms with Gasteiger partial charge in [-0.25, -0.2) is 0 Å². The van der Waals surface area contributed by atoms with E-state index in [2.05, 4.69) is 0 Å². The van der Waals surface area contributed by atoms with Crippen molar-refractivity contribution in [3.8, 4) is 6.07 Å². The van der Waals surface area contributed by atoms with E-state index < -0.39 is 11.0 Å². The maximum absolute atomic E-state index is 13.4. The predicted molar refractivity (Wildman–Crippen MR) is 124 cm³/mol. The van der Waals surface area contributed by atoms with Crippen LogP contribution in [0.15, 0.2) is 95.5 Å². The number of allylic oxidation sites excluding steroid dienone is 1. The number of carbonyl (C=O) groups excluding carboxylic acids is 2. The van der Waals surface area contributed by atoms with Crippen LogP contribution in [0.25, 0.3) is 0 Å². The molecule has 1 fully saturated rings. The van der Waals surface area contributed by atoms with Gasteiger partial charge in [-0.05, 0) is 30.2 Å². The molecular formula is C25H17ClN2O2S. The highest BCUT2D eigenvalue weighted by atomic mass is 35.5. The summed E-state index contributed by atoms with van der Waals surface area (Å²) in [5.74, 6) is -0.586. The Labute approximate surface area is 189 Å². The summed E-state index contributed by atoms with van der Waals surface area (Å²) in [6.45, 7) is 0. The van der Waals surface area contributed by atoms with Crippen LogP contribution in [0, 0.1) is 11.3 Å². The van der Waals surface area contributed by atoms with Crippen LogP contribution in [0.1, 0.15) is 15.9 Å². The molecule has 1 heterocycles. The second-order valence-corrected chi connectivity index (χ2v) is 8.50. The van der Waals surface area contributed by atoms with Gasteiger partial charge in [-0.3, -0.25) is 14.5 Å². The number of carbonyl (C=O) groups is 2. The molecule has 0 aromatic heterocycles. The van der Waals surface area contributed by atoms with E-state index in [1.807, 2.05) is 42.5 Å². The molecule has 0 N–H and O–H groups in total. The molecule has 0 unspecified atom stereocenters. The van der Waals surface area contributed by atoms with Crippen molar-refractivity contribution in [1.82, 2.24) is 0 Å². The van der Waals surface area contributed by atoms with Gasteiger partial charge in [-0.2, -0.15) is 5.26 Å². The van der Waals surface area contributed by atoms with Crippen LogP contribution in [-0.2, 0) is 11.2 Å². The van der Waals surface area contributed by atoms with Crippen LogP contribution >= 0.6 is 23.4 Å². The number of rotatable bonds is 5. The van der Waals surface area contributed by atoms with Crippen molar-refractivity contribution in [2.45, 2.75) is 11.7 Å². The SMILES string of the molecule is N#C/C(C(=O)c1ccccc1)=C1\S[C@@H](Cc2ccccc2Cl)C(=O)N1c1ccccc1. The number of thioether (sulfide) groups is 1. The van der Waals surface area contributed by atoms with Gasteiger partial charge in [-0.1, -0.05) is 90.1 Å². The molecule has 1 atom stereocenters. The molecule has 152 valence electrons. The fourth-order valence-electron chi connectivity index (χ4n) is 3.40. The molecule has 6 heteroatoms. The molecular weight excluding hydrogens is 428 g/mol. The van der Waals surface area contributed by atoms with Crippen molar-refractivity contribution in [1.29, 1.82) is 5.26 Å². The molecule has 4 nitrogen and oxygen atoms in total. The minimum atomic E-state index is -0.498. The first-order valence-corrected chi connectivity index (χ1v) is 10.9. The topological polar surface area (TPSA) is 61.2 Å². The normalized spacial score (nSPS) is 17.4. The average Bonchev–Trinajstić information content (AvgIpc) is 3.12. The Balaban J connectivity index is 1.79. The van der Waals surface area contributed by atoms with Crippen LogP contribution < -0.4 is 4.90 Å². The molecule has 0 aliphatic carbocycles. The molecule has 1 amide bonds. The summed E-state index contributed by atoms with van der Waals surface area (Å²) in [5.41, 5.74) is 1.82. The third-order valence-electron chi connectivity index (χ3n) is 4.92. The molecule has 1 saturated heterocycles. The lowest BCUT2D eigenvalue weighted by molar-refractivity contribution is -0.117. The van der Waals surface area contributed by atoms with Gasteiger partial charge in [0.25, 0.3) is 0 Å². The maximum atomic E-state index is 13.4. The first kappa shape index (κ1) is 20.9. The van der Waals surface area contributed by atoms with E-state index in [4.69, 9.17) is 11.6 Å². The molecule has 3 aromatic carbocycles. The Hall–Kier alpha value is -3.33. The van der Waals surface area contributed by atoms with Crippen LogP contribution in [0.5, 0.6) is 0 Å². The number of halogens is 1. The van der Waals surface area contributed by atoms with Crippen molar-refractivity contribution < 1.29 is 9.59 Å². The number of amides is 1. The molecule has 1 aliphatic rings. The Morgan fingerprint density at radius 3 is 2.23 bits per heavy atom. The third-order valence-corrected chi connectivity index (χ3v) is 6.55. The second kappa shape index (κ2) is 9.22. The zero-order valence-corrected chi connectivity index (χ0v) is 17.9. The van der Waals surface area contributed by atoms with E-state index >= 15 is 0 Å². The zero-order chi connectivity index (χ0) is 21.8. The van der Waals surface area contributed by atoms with Crippen molar-refractivity contribution in [3.05, 3.63) is 112 Å². The third kappa shape index (κ3) is 4.27. The van der Waals surface area contributed by atoms with E-state index in [0.717, 1.165) is 5.56 Å². The van der Waals surface area contributed by atoms with Gasteiger partial charge in [0.15, 0.2) is 0 Å². The number of hydrogen-bond donors (Lipinski definition) is 0. The molecule has 0 saturated carbocycles. The van der Waals surface area contributed by atoms with Crippen molar-refractivity contribution in [3.63, 3.8) is 0 Å². The highest BCUT2D eigenvalue weighted by Crippen LogP contribution is 2.42. The largest absolute Gasteiger partial charge is 0.288 e. The van der Waals surface area contributed by atoms with Crippen LogP contribution in [-0.4, -0.2) is 16.9 Å². The Morgan fingerprint density at radius 2 is 1.58 bits per heavy atom. The summed E-state index contributed by atoms with van der Waals surface area (Å²) in [7, 11) is 0. The molecule has 1 aliphatic heterocycles. The van der Waals surface area contributed by atoms with Gasteiger partial charge < -0.3 is 0 Å². The van der Waals surface area contributed by atoms with Gasteiger partial charge >= 0.3 is 0 Å². The van der Waals surface area contributed by atoms with Crippen molar-refractivity contribution in [2.24, 2.45) is 0 Å². The number of nitriles is 1. The zero-order valence-electron chi connectivity index (χ0n) is 16.4.